The van der Waals surface area contributed by atoms with Gasteiger partial charge in [-0.05, 0) is 30.5 Å². The monoisotopic (exact) mass is 292 g/mol. The molecule has 0 N–H and O–H groups in total. The van der Waals surface area contributed by atoms with Gasteiger partial charge in [0.1, 0.15) is 11.4 Å². The molecule has 0 amide bonds. The third-order valence-electron chi connectivity index (χ3n) is 4.07. The van der Waals surface area contributed by atoms with Gasteiger partial charge in [0, 0.05) is 6.20 Å². The van der Waals surface area contributed by atoms with E-state index in [9.17, 15) is 4.79 Å². The van der Waals surface area contributed by atoms with E-state index < -0.39 is 0 Å². The summed E-state index contributed by atoms with van der Waals surface area (Å²) in [5, 5.41) is 0.924. The number of aromatic nitrogens is 2. The Morgan fingerprint density at radius 1 is 1.14 bits per heavy atom. The Bertz CT molecular complexity index is 885. The van der Waals surface area contributed by atoms with Crippen LogP contribution in [0.3, 0.4) is 0 Å². The number of pyridine rings is 2. The highest BCUT2D eigenvalue weighted by atomic mass is 16.5. The molecule has 0 aliphatic carbocycles. The van der Waals surface area contributed by atoms with E-state index in [0.29, 0.717) is 18.8 Å². The summed E-state index contributed by atoms with van der Waals surface area (Å²) < 4.78 is 7.53. The van der Waals surface area contributed by atoms with Gasteiger partial charge in [0.15, 0.2) is 0 Å². The minimum atomic E-state index is 0.0183. The molecular formula is C18H16N2O2. The maximum Gasteiger partial charge on any atom is 0.259 e. The van der Waals surface area contributed by atoms with Crippen molar-refractivity contribution in [2.45, 2.75) is 19.4 Å². The van der Waals surface area contributed by atoms with Gasteiger partial charge < -0.3 is 4.74 Å². The maximum atomic E-state index is 12.9. The van der Waals surface area contributed by atoms with Crippen LogP contribution >= 0.6 is 0 Å². The highest BCUT2D eigenvalue weighted by Crippen LogP contribution is 2.30. The van der Waals surface area contributed by atoms with Gasteiger partial charge in [-0.3, -0.25) is 9.36 Å². The van der Waals surface area contributed by atoms with E-state index in [0.717, 1.165) is 35.1 Å². The first kappa shape index (κ1) is 13.1. The van der Waals surface area contributed by atoms with Crippen LogP contribution < -0.4 is 10.3 Å². The second kappa shape index (κ2) is 5.30. The second-order valence-electron chi connectivity index (χ2n) is 5.51. The van der Waals surface area contributed by atoms with Crippen molar-refractivity contribution >= 4 is 11.0 Å². The van der Waals surface area contributed by atoms with Crippen molar-refractivity contribution in [3.8, 4) is 5.75 Å². The fourth-order valence-electron chi connectivity index (χ4n) is 3.03. The molecule has 0 fully saturated rings. The van der Waals surface area contributed by atoms with Crippen molar-refractivity contribution in [3.63, 3.8) is 0 Å². The van der Waals surface area contributed by atoms with E-state index in [-0.39, 0.29) is 5.56 Å². The molecule has 3 aromatic rings. The van der Waals surface area contributed by atoms with E-state index in [1.807, 2.05) is 42.5 Å². The number of hydrogen-bond acceptors (Lipinski definition) is 3. The van der Waals surface area contributed by atoms with Crippen LogP contribution in [0.2, 0.25) is 0 Å². The quantitative estimate of drug-likeness (QED) is 0.729. The summed E-state index contributed by atoms with van der Waals surface area (Å²) in [5.41, 5.74) is 2.58. The molecule has 4 heteroatoms. The third-order valence-corrected chi connectivity index (χ3v) is 4.07. The summed E-state index contributed by atoms with van der Waals surface area (Å²) in [6, 6.07) is 13.9. The van der Waals surface area contributed by atoms with Gasteiger partial charge in [0.2, 0.25) is 0 Å². The molecule has 1 aliphatic heterocycles. The first-order valence-electron chi connectivity index (χ1n) is 7.52. The molecule has 110 valence electrons. The van der Waals surface area contributed by atoms with Gasteiger partial charge in [0.05, 0.1) is 24.1 Å². The molecule has 0 atom stereocenters. The molecule has 4 nitrogen and oxygen atoms in total. The summed E-state index contributed by atoms with van der Waals surface area (Å²) >= 11 is 0. The lowest BCUT2D eigenvalue weighted by molar-refractivity contribution is 0.290. The van der Waals surface area contributed by atoms with E-state index in [4.69, 9.17) is 4.74 Å². The van der Waals surface area contributed by atoms with E-state index >= 15 is 0 Å². The van der Waals surface area contributed by atoms with Gasteiger partial charge >= 0.3 is 0 Å². The molecule has 0 radical (unpaired) electrons. The van der Waals surface area contributed by atoms with Crippen LogP contribution in [0.5, 0.6) is 5.75 Å². The van der Waals surface area contributed by atoms with Crippen LogP contribution in [-0.2, 0) is 13.0 Å². The fraction of sp³-hybridized carbons (Fsp3) is 0.222. The van der Waals surface area contributed by atoms with Crippen LogP contribution in [0, 0.1) is 0 Å². The second-order valence-corrected chi connectivity index (χ2v) is 5.51. The summed E-state index contributed by atoms with van der Waals surface area (Å²) in [4.78, 5) is 17.3. The molecule has 2 aromatic heterocycles. The van der Waals surface area contributed by atoms with Crippen molar-refractivity contribution in [2.75, 3.05) is 6.61 Å². The Hall–Kier alpha value is -2.62. The zero-order chi connectivity index (χ0) is 14.9. The maximum absolute atomic E-state index is 12.9. The smallest absolute Gasteiger partial charge is 0.259 e. The Morgan fingerprint density at radius 3 is 2.86 bits per heavy atom. The van der Waals surface area contributed by atoms with Crippen molar-refractivity contribution in [1.29, 1.82) is 0 Å². The van der Waals surface area contributed by atoms with Gasteiger partial charge in [0.25, 0.3) is 5.56 Å². The topological polar surface area (TPSA) is 44.1 Å². The lowest BCUT2D eigenvalue weighted by Crippen LogP contribution is -2.28. The van der Waals surface area contributed by atoms with Gasteiger partial charge in [-0.2, -0.15) is 0 Å². The minimum Gasteiger partial charge on any atom is -0.492 e. The number of ether oxygens (including phenoxy) is 1. The van der Waals surface area contributed by atoms with Crippen molar-refractivity contribution in [2.24, 2.45) is 0 Å². The average molecular weight is 292 g/mol. The lowest BCUT2D eigenvalue weighted by atomic mass is 10.1. The largest absolute Gasteiger partial charge is 0.492 e. The Kier molecular flexibility index (Phi) is 3.15. The number of nitrogens with zero attached hydrogens (tertiary/aromatic N) is 2. The third kappa shape index (κ3) is 2.08. The number of fused-ring (bicyclic) bond motifs is 3. The standard InChI is InChI=1S/C18H16N2O2/c21-18-15-9-5-11-22-16(15)14-8-4-10-19-17(14)20(18)12-13-6-2-1-3-7-13/h1-4,6-8,10H,5,9,11-12H2. The lowest BCUT2D eigenvalue weighted by Gasteiger charge is -2.21. The van der Waals surface area contributed by atoms with Gasteiger partial charge in [-0.15, -0.1) is 0 Å². The van der Waals surface area contributed by atoms with Crippen LogP contribution in [0.1, 0.15) is 17.5 Å². The van der Waals surface area contributed by atoms with Crippen molar-refractivity contribution < 1.29 is 4.74 Å². The molecule has 0 bridgehead atoms. The molecule has 0 saturated carbocycles. The predicted octanol–water partition coefficient (Wildman–Crippen LogP) is 2.77. The molecule has 4 rings (SSSR count). The first-order chi connectivity index (χ1) is 10.8. The van der Waals surface area contributed by atoms with Crippen LogP contribution in [0.25, 0.3) is 11.0 Å². The predicted molar refractivity (Wildman–Crippen MR) is 85.4 cm³/mol. The van der Waals surface area contributed by atoms with E-state index in [2.05, 4.69) is 4.98 Å². The molecule has 1 aromatic carbocycles. The number of rotatable bonds is 2. The average Bonchev–Trinajstić information content (AvgIpc) is 2.59. The molecule has 0 unspecified atom stereocenters. The summed E-state index contributed by atoms with van der Waals surface area (Å²) in [7, 11) is 0. The fourth-order valence-corrected chi connectivity index (χ4v) is 3.03. The normalized spacial score (nSPS) is 13.6. The number of hydrogen-bond donors (Lipinski definition) is 0. The van der Waals surface area contributed by atoms with Crippen LogP contribution in [0.15, 0.2) is 53.5 Å². The zero-order valence-electron chi connectivity index (χ0n) is 12.2. The Morgan fingerprint density at radius 2 is 2.00 bits per heavy atom. The van der Waals surface area contributed by atoms with Crippen molar-refractivity contribution in [3.05, 3.63) is 70.1 Å². The Labute approximate surface area is 128 Å². The zero-order valence-corrected chi connectivity index (χ0v) is 12.2. The van der Waals surface area contributed by atoms with Crippen LogP contribution in [0.4, 0.5) is 0 Å². The summed E-state index contributed by atoms with van der Waals surface area (Å²) in [6.07, 6.45) is 3.38. The highest BCUT2D eigenvalue weighted by Gasteiger charge is 2.21. The van der Waals surface area contributed by atoms with E-state index in [1.165, 1.54) is 0 Å². The van der Waals surface area contributed by atoms with Crippen molar-refractivity contribution in [1.82, 2.24) is 9.55 Å². The molecule has 3 heterocycles. The van der Waals surface area contributed by atoms with E-state index in [1.54, 1.807) is 10.8 Å². The first-order valence-corrected chi connectivity index (χ1v) is 7.52. The number of benzene rings is 1. The van der Waals surface area contributed by atoms with Gasteiger partial charge in [-0.25, -0.2) is 4.98 Å². The van der Waals surface area contributed by atoms with Gasteiger partial charge in [-0.1, -0.05) is 30.3 Å². The molecule has 1 aliphatic rings. The molecule has 22 heavy (non-hydrogen) atoms. The summed E-state index contributed by atoms with van der Waals surface area (Å²) in [6.45, 7) is 1.19. The molecular weight excluding hydrogens is 276 g/mol. The molecule has 0 spiro atoms. The van der Waals surface area contributed by atoms with Crippen LogP contribution in [-0.4, -0.2) is 16.2 Å². The Balaban J connectivity index is 1.98. The summed E-state index contributed by atoms with van der Waals surface area (Å²) in [5.74, 6) is 0.726. The SMILES string of the molecule is O=c1c2c(c3cccnc3n1Cc1ccccc1)OCCC2. The molecule has 0 saturated heterocycles. The minimum absolute atomic E-state index is 0.0183. The highest BCUT2D eigenvalue weighted by molar-refractivity contribution is 5.83.